The van der Waals surface area contributed by atoms with Gasteiger partial charge in [-0.3, -0.25) is 10.1 Å². The molecule has 2 aromatic carbocycles. The minimum atomic E-state index is -0.487. The van der Waals surface area contributed by atoms with Crippen molar-refractivity contribution in [2.24, 2.45) is 0 Å². The maximum absolute atomic E-state index is 10.5. The molecule has 4 rings (SSSR count). The standard InChI is InChI=1S/C9H9N2O4.C9H11N2O2.2CH3BO/c10-4-3-9-14-7-2-1-6(11(12)13)5-8(7)15-9;10-4-3-9-12-7-2-1-6(11)5-8(7)13-9;2*1-2-3/h1-2,5,9-10H,3-4H2;1-2,5,9-10H,3-4,11H2;2*1H3/q2*-1;;. The first-order chi connectivity index (χ1) is 16.3. The number of non-ortho nitro benzene ring substituents is 1. The van der Waals surface area contributed by atoms with Crippen LogP contribution in [0.1, 0.15) is 12.8 Å². The van der Waals surface area contributed by atoms with E-state index in [1.807, 2.05) is 0 Å². The first-order valence-electron chi connectivity index (χ1n) is 10.3. The zero-order valence-electron chi connectivity index (χ0n) is 18.9. The summed E-state index contributed by atoms with van der Waals surface area (Å²) in [4.78, 5) is 10.0. The van der Waals surface area contributed by atoms with Crippen molar-refractivity contribution in [1.29, 1.82) is 0 Å². The average molecular weight is 472 g/mol. The molecule has 0 radical (unpaired) electrons. The number of nitro benzene ring substituents is 1. The van der Waals surface area contributed by atoms with Gasteiger partial charge in [0.1, 0.15) is 0 Å². The summed E-state index contributed by atoms with van der Waals surface area (Å²) in [5.74, 6) is 2.27. The number of rotatable bonds is 5. The number of fused-ring (bicyclic) bond motifs is 2. The Bertz CT molecular complexity index is 945. The predicted octanol–water partition coefficient (Wildman–Crippen LogP) is 4.11. The normalized spacial score (nSPS) is 15.6. The molecule has 2 unspecified atom stereocenters. The van der Waals surface area contributed by atoms with E-state index in [9.17, 15) is 10.1 Å². The fourth-order valence-corrected chi connectivity index (χ4v) is 2.60. The minimum Gasteiger partial charge on any atom is -0.677 e. The van der Waals surface area contributed by atoms with Gasteiger partial charge in [0.15, 0.2) is 23.0 Å². The van der Waals surface area contributed by atoms with Crippen LogP contribution in [0, 0.1) is 10.1 Å². The van der Waals surface area contributed by atoms with Gasteiger partial charge in [-0.05, 0) is 18.2 Å². The molecular weight excluding hydrogens is 446 g/mol. The van der Waals surface area contributed by atoms with Crippen LogP contribution < -0.4 is 24.7 Å². The quantitative estimate of drug-likeness (QED) is 0.289. The first-order valence-corrected chi connectivity index (χ1v) is 10.3. The van der Waals surface area contributed by atoms with Gasteiger partial charge in [-0.2, -0.15) is 0 Å². The molecule has 0 aromatic heterocycles. The summed E-state index contributed by atoms with van der Waals surface area (Å²) in [6, 6.07) is 9.50. The van der Waals surface area contributed by atoms with Crippen LogP contribution in [-0.2, 0) is 9.41 Å². The van der Waals surface area contributed by atoms with Crippen molar-refractivity contribution in [2.75, 3.05) is 18.8 Å². The zero-order chi connectivity index (χ0) is 25.5. The molecule has 2 atom stereocenters. The van der Waals surface area contributed by atoms with Crippen molar-refractivity contribution < 1.29 is 33.3 Å². The number of nitrogen functional groups attached to an aromatic ring is 1. The van der Waals surface area contributed by atoms with E-state index in [1.54, 1.807) is 18.2 Å². The summed E-state index contributed by atoms with van der Waals surface area (Å²) in [5.41, 5.74) is 20.3. The molecule has 12 nitrogen and oxygen atoms in total. The van der Waals surface area contributed by atoms with Crippen LogP contribution in [0.2, 0.25) is 13.6 Å². The maximum atomic E-state index is 10.5. The van der Waals surface area contributed by atoms with Crippen LogP contribution in [0.4, 0.5) is 11.4 Å². The summed E-state index contributed by atoms with van der Waals surface area (Å²) >= 11 is 0. The number of ether oxygens (including phenoxy) is 4. The summed E-state index contributed by atoms with van der Waals surface area (Å²) in [6.45, 7) is 3.38. The van der Waals surface area contributed by atoms with Crippen LogP contribution >= 0.6 is 0 Å². The Balaban J connectivity index is 0.000000278. The number of anilines is 1. The third kappa shape index (κ3) is 9.16. The molecule has 2 aliphatic rings. The molecule has 4 N–H and O–H groups in total. The third-order valence-corrected chi connectivity index (χ3v) is 3.90. The first kappa shape index (κ1) is 28.5. The van der Waals surface area contributed by atoms with Crippen LogP contribution in [0.15, 0.2) is 36.4 Å². The molecule has 182 valence electrons. The molecule has 0 amide bonds. The SMILES string of the molecule is CB=O.CB=O.[NH-]CCC1Oc2ccc(N)cc2O1.[NH-]CCC1Oc2ccc([N+](=O)[O-])cc2O1. The van der Waals surface area contributed by atoms with Crippen molar-refractivity contribution in [2.45, 2.75) is 39.1 Å². The smallest absolute Gasteiger partial charge is 0.273 e. The van der Waals surface area contributed by atoms with Gasteiger partial charge < -0.3 is 36.1 Å². The van der Waals surface area contributed by atoms with Gasteiger partial charge >= 0.3 is 37.4 Å². The Morgan fingerprint density at radius 2 is 1.26 bits per heavy atom. The van der Waals surface area contributed by atoms with Gasteiger partial charge in [0, 0.05) is 30.7 Å². The number of hydrogen-bond acceptors (Lipinski definition) is 9. The van der Waals surface area contributed by atoms with Crippen LogP contribution in [0.25, 0.3) is 11.5 Å². The molecule has 0 bridgehead atoms. The Morgan fingerprint density at radius 3 is 1.71 bits per heavy atom. The zero-order valence-corrected chi connectivity index (χ0v) is 18.9. The topological polar surface area (TPSA) is 188 Å². The van der Waals surface area contributed by atoms with E-state index in [1.165, 1.54) is 31.8 Å². The molecule has 2 heterocycles. The molecule has 14 heteroatoms. The number of nitro groups is 1. The van der Waals surface area contributed by atoms with Crippen LogP contribution in [0.3, 0.4) is 0 Å². The maximum Gasteiger partial charge on any atom is 0.273 e. The molecular formula is C20H26B2N4O8-2. The van der Waals surface area contributed by atoms with Crippen molar-refractivity contribution in [3.8, 4) is 23.0 Å². The largest absolute Gasteiger partial charge is 0.677 e. The summed E-state index contributed by atoms with van der Waals surface area (Å²) < 4.78 is 39.0. The molecule has 0 fully saturated rings. The van der Waals surface area contributed by atoms with Gasteiger partial charge in [-0.1, -0.05) is 0 Å². The number of nitrogens with two attached hydrogens (primary N) is 1. The molecule has 2 aromatic rings. The van der Waals surface area contributed by atoms with Crippen molar-refractivity contribution in [1.82, 2.24) is 0 Å². The second kappa shape index (κ2) is 15.3. The average Bonchev–Trinajstić information content (AvgIpc) is 3.37. The molecule has 0 aliphatic carbocycles. The van der Waals surface area contributed by atoms with Gasteiger partial charge in [-0.25, -0.2) is 0 Å². The number of nitrogens with zero attached hydrogens (tertiary/aromatic N) is 1. The van der Waals surface area contributed by atoms with E-state index >= 15 is 0 Å². The number of benzene rings is 2. The van der Waals surface area contributed by atoms with Gasteiger partial charge in [0.25, 0.3) is 5.69 Å². The summed E-state index contributed by atoms with van der Waals surface area (Å²) in [5, 5.41) is 10.5. The van der Waals surface area contributed by atoms with E-state index in [-0.39, 0.29) is 18.5 Å². The van der Waals surface area contributed by atoms with Crippen LogP contribution in [-0.4, -0.2) is 44.9 Å². The van der Waals surface area contributed by atoms with Crippen molar-refractivity contribution in [3.63, 3.8) is 0 Å². The van der Waals surface area contributed by atoms with E-state index in [4.69, 9.17) is 45.6 Å². The molecule has 34 heavy (non-hydrogen) atoms. The van der Waals surface area contributed by atoms with Crippen molar-refractivity contribution in [3.05, 3.63) is 58.0 Å². The Labute approximate surface area is 198 Å². The molecule has 0 spiro atoms. The van der Waals surface area contributed by atoms with Crippen LogP contribution in [0.5, 0.6) is 23.0 Å². The van der Waals surface area contributed by atoms with E-state index < -0.39 is 11.2 Å². The van der Waals surface area contributed by atoms with E-state index in [2.05, 4.69) is 0 Å². The van der Waals surface area contributed by atoms with E-state index in [0.717, 1.165) is 14.3 Å². The fraction of sp³-hybridized carbons (Fsp3) is 0.400. The van der Waals surface area contributed by atoms with Gasteiger partial charge in [0.2, 0.25) is 12.6 Å². The third-order valence-electron chi connectivity index (χ3n) is 3.90. The minimum absolute atomic E-state index is 0.0242. The predicted molar refractivity (Wildman–Crippen MR) is 126 cm³/mol. The van der Waals surface area contributed by atoms with Gasteiger partial charge in [-0.15, -0.1) is 13.1 Å². The Morgan fingerprint density at radius 1 is 0.853 bits per heavy atom. The summed E-state index contributed by atoms with van der Waals surface area (Å²) in [6.07, 6.45) is 0.227. The second-order valence-corrected chi connectivity index (χ2v) is 6.47. The summed E-state index contributed by atoms with van der Waals surface area (Å²) in [7, 11) is 1.50. The molecule has 2 aliphatic heterocycles. The molecule has 0 saturated heterocycles. The fourth-order valence-electron chi connectivity index (χ4n) is 2.60. The van der Waals surface area contributed by atoms with E-state index in [0.29, 0.717) is 48.1 Å². The molecule has 0 saturated carbocycles. The monoisotopic (exact) mass is 472 g/mol. The van der Waals surface area contributed by atoms with Crippen molar-refractivity contribution >= 4 is 25.7 Å². The number of nitrogens with one attached hydrogen (secondary N) is 2. The van der Waals surface area contributed by atoms with Gasteiger partial charge in [0.05, 0.1) is 11.0 Å². The Kier molecular flexibility index (Phi) is 12.9. The second-order valence-electron chi connectivity index (χ2n) is 6.47. The Hall–Kier alpha value is -3.51. The number of hydrogen-bond donors (Lipinski definition) is 1.